The number of hydrogen-bond acceptors (Lipinski definition) is 4. The van der Waals surface area contributed by atoms with Crippen molar-refractivity contribution in [1.29, 1.82) is 0 Å². The van der Waals surface area contributed by atoms with Gasteiger partial charge in [-0.1, -0.05) is 41.5 Å². The highest BCUT2D eigenvalue weighted by Gasteiger charge is 2.41. The predicted molar refractivity (Wildman–Crippen MR) is 135 cm³/mol. The molecule has 196 valence electrons. The van der Waals surface area contributed by atoms with E-state index in [0.717, 1.165) is 46.2 Å². The number of alkyl halides is 3. The first-order valence-corrected chi connectivity index (χ1v) is 13.6. The molecule has 3 aromatic rings. The van der Waals surface area contributed by atoms with E-state index in [1.54, 1.807) is 38.1 Å². The molecule has 0 unspecified atom stereocenters. The summed E-state index contributed by atoms with van der Waals surface area (Å²) >= 11 is 0. The van der Waals surface area contributed by atoms with E-state index in [9.17, 15) is 26.4 Å². The van der Waals surface area contributed by atoms with E-state index in [1.807, 2.05) is 32.0 Å². The molecule has 1 saturated heterocycles. The summed E-state index contributed by atoms with van der Waals surface area (Å²) in [4.78, 5) is 14.6. The van der Waals surface area contributed by atoms with Gasteiger partial charge >= 0.3 is 12.3 Å². The van der Waals surface area contributed by atoms with E-state index in [2.05, 4.69) is 0 Å². The Kier molecular flexibility index (Phi) is 6.88. The molecule has 0 aliphatic carbocycles. The Balaban J connectivity index is 1.71. The van der Waals surface area contributed by atoms with Crippen molar-refractivity contribution in [3.63, 3.8) is 0 Å². The molecule has 0 saturated carbocycles. The molecule has 0 N–H and O–H groups in total. The van der Waals surface area contributed by atoms with Crippen LogP contribution in [0.4, 0.5) is 18.0 Å². The largest absolute Gasteiger partial charge is 0.439 e. The fourth-order valence-electron chi connectivity index (χ4n) is 4.72. The normalized spacial score (nSPS) is 18.3. The summed E-state index contributed by atoms with van der Waals surface area (Å²) in [6, 6.07) is 13.8. The van der Waals surface area contributed by atoms with Crippen LogP contribution >= 0.6 is 0 Å². The van der Waals surface area contributed by atoms with E-state index >= 15 is 0 Å². The van der Waals surface area contributed by atoms with Crippen molar-refractivity contribution < 1.29 is 31.1 Å². The summed E-state index contributed by atoms with van der Waals surface area (Å²) in [6.07, 6.45) is -4.85. The lowest BCUT2D eigenvalue weighted by Gasteiger charge is -2.23. The van der Waals surface area contributed by atoms with Crippen LogP contribution in [0.5, 0.6) is 0 Å². The van der Waals surface area contributed by atoms with Crippen molar-refractivity contribution in [2.24, 2.45) is 0 Å². The number of rotatable bonds is 5. The summed E-state index contributed by atoms with van der Waals surface area (Å²) in [5.74, 6) is 0. The number of ether oxygens (including phenoxy) is 1. The van der Waals surface area contributed by atoms with Gasteiger partial charge in [0, 0.05) is 6.26 Å². The number of aryl methyl sites for hydroxylation is 3. The van der Waals surface area contributed by atoms with Crippen molar-refractivity contribution in [3.8, 4) is 11.1 Å². The predicted octanol–water partition coefficient (Wildman–Crippen LogP) is 6.78. The van der Waals surface area contributed by atoms with Crippen molar-refractivity contribution in [3.05, 3.63) is 88.0 Å². The number of cyclic esters (lactones) is 1. The maximum atomic E-state index is 13.4. The standard InChI is InChI=1S/C28H28F3NO4S/c1-16-6-9-24(25-14-23(37(5,34)35)8-7-18(25)3)21(10-16)15-32-19(4)26(36-27(32)33)20-11-17(2)12-22(13-20)28(29,30)31/h6-14,19,26H,15H2,1-5H3/t19-,26-/m0/s1. The lowest BCUT2D eigenvalue weighted by molar-refractivity contribution is -0.137. The Hall–Kier alpha value is -3.33. The van der Waals surface area contributed by atoms with E-state index in [-0.39, 0.29) is 17.0 Å². The van der Waals surface area contributed by atoms with Crippen LogP contribution in [0.15, 0.2) is 59.5 Å². The van der Waals surface area contributed by atoms with Gasteiger partial charge in [-0.25, -0.2) is 13.2 Å². The van der Waals surface area contributed by atoms with Gasteiger partial charge in [-0.15, -0.1) is 0 Å². The topological polar surface area (TPSA) is 63.7 Å². The second-order valence-corrected chi connectivity index (χ2v) is 11.7. The van der Waals surface area contributed by atoms with Crippen molar-refractivity contribution in [2.45, 2.75) is 57.5 Å². The minimum Gasteiger partial charge on any atom is -0.439 e. The summed E-state index contributed by atoms with van der Waals surface area (Å²) in [5, 5.41) is 0. The maximum absolute atomic E-state index is 13.4. The monoisotopic (exact) mass is 531 g/mol. The zero-order valence-corrected chi connectivity index (χ0v) is 22.0. The first-order valence-electron chi connectivity index (χ1n) is 11.7. The van der Waals surface area contributed by atoms with E-state index in [1.165, 1.54) is 4.90 Å². The first-order chi connectivity index (χ1) is 17.1. The number of benzene rings is 3. The van der Waals surface area contributed by atoms with Gasteiger partial charge < -0.3 is 4.74 Å². The van der Waals surface area contributed by atoms with Crippen molar-refractivity contribution in [2.75, 3.05) is 6.26 Å². The fourth-order valence-corrected chi connectivity index (χ4v) is 5.37. The number of carbonyl (C=O) groups excluding carboxylic acids is 1. The number of sulfone groups is 1. The number of carbonyl (C=O) groups is 1. The number of halogens is 3. The van der Waals surface area contributed by atoms with Gasteiger partial charge in [0.15, 0.2) is 9.84 Å². The minimum absolute atomic E-state index is 0.147. The molecule has 1 fully saturated rings. The molecule has 3 aromatic carbocycles. The number of amides is 1. The molecule has 0 spiro atoms. The number of nitrogens with zero attached hydrogens (tertiary/aromatic N) is 1. The SMILES string of the molecule is Cc1cc([C@H]2OC(=O)N(Cc3cc(C)ccc3-c3cc(S(C)(=O)=O)ccc3C)[C@H]2C)cc(C(F)(F)F)c1. The third-order valence-corrected chi connectivity index (χ3v) is 7.79. The Morgan fingerprint density at radius 1 is 0.919 bits per heavy atom. The highest BCUT2D eigenvalue weighted by molar-refractivity contribution is 7.90. The summed E-state index contributed by atoms with van der Waals surface area (Å²) in [5.41, 5.74) is 4.01. The third-order valence-electron chi connectivity index (χ3n) is 6.68. The second kappa shape index (κ2) is 9.52. The van der Waals surface area contributed by atoms with E-state index in [0.29, 0.717) is 5.56 Å². The average Bonchev–Trinajstić information content (AvgIpc) is 3.06. The van der Waals surface area contributed by atoms with Gasteiger partial charge in [-0.05, 0) is 79.8 Å². The van der Waals surface area contributed by atoms with Gasteiger partial charge in [0.2, 0.25) is 0 Å². The van der Waals surface area contributed by atoms with Crippen LogP contribution < -0.4 is 0 Å². The number of hydrogen-bond donors (Lipinski definition) is 0. The molecule has 4 rings (SSSR count). The highest BCUT2D eigenvalue weighted by atomic mass is 32.2. The zero-order chi connectivity index (χ0) is 27.3. The van der Waals surface area contributed by atoms with Crippen molar-refractivity contribution >= 4 is 15.9 Å². The molecule has 1 aliphatic rings. The molecule has 0 radical (unpaired) electrons. The molecule has 0 aromatic heterocycles. The van der Waals surface area contributed by atoms with Gasteiger partial charge in [-0.2, -0.15) is 13.2 Å². The molecule has 9 heteroatoms. The highest BCUT2D eigenvalue weighted by Crippen LogP contribution is 2.39. The Morgan fingerprint density at radius 3 is 2.27 bits per heavy atom. The molecule has 2 atom stereocenters. The van der Waals surface area contributed by atoms with Gasteiger partial charge in [0.05, 0.1) is 23.0 Å². The molecular formula is C28H28F3NO4S. The van der Waals surface area contributed by atoms with Gasteiger partial charge in [0.25, 0.3) is 0 Å². The van der Waals surface area contributed by atoms with Crippen LogP contribution in [0.1, 0.15) is 46.4 Å². The Bertz CT molecular complexity index is 1480. The van der Waals surface area contributed by atoms with Crippen molar-refractivity contribution in [1.82, 2.24) is 4.90 Å². The lowest BCUT2D eigenvalue weighted by atomic mass is 9.93. The smallest absolute Gasteiger partial charge is 0.416 e. The first kappa shape index (κ1) is 26.7. The fraction of sp³-hybridized carbons (Fsp3) is 0.321. The van der Waals surface area contributed by atoms with E-state index in [4.69, 9.17) is 4.74 Å². The summed E-state index contributed by atoms with van der Waals surface area (Å²) < 4.78 is 70.1. The van der Waals surface area contributed by atoms with Crippen LogP contribution in [-0.4, -0.2) is 31.7 Å². The zero-order valence-electron chi connectivity index (χ0n) is 21.2. The molecule has 37 heavy (non-hydrogen) atoms. The van der Waals surface area contributed by atoms with Crippen LogP contribution in [0.2, 0.25) is 0 Å². The van der Waals surface area contributed by atoms with Gasteiger partial charge in [-0.3, -0.25) is 4.90 Å². The third kappa shape index (κ3) is 5.51. The summed E-state index contributed by atoms with van der Waals surface area (Å²) in [6.45, 7) is 7.25. The second-order valence-electron chi connectivity index (χ2n) is 9.71. The maximum Gasteiger partial charge on any atom is 0.416 e. The van der Waals surface area contributed by atoms with Gasteiger partial charge in [0.1, 0.15) is 6.10 Å². The quantitative estimate of drug-likeness (QED) is 0.364. The van der Waals surface area contributed by atoms with Crippen LogP contribution in [0.25, 0.3) is 11.1 Å². The molecule has 1 amide bonds. The molecule has 0 bridgehead atoms. The Morgan fingerprint density at radius 2 is 1.62 bits per heavy atom. The average molecular weight is 532 g/mol. The molecule has 1 heterocycles. The lowest BCUT2D eigenvalue weighted by Crippen LogP contribution is -2.31. The molecular weight excluding hydrogens is 503 g/mol. The molecule has 5 nitrogen and oxygen atoms in total. The minimum atomic E-state index is -4.51. The van der Waals surface area contributed by atoms with Crippen LogP contribution in [0, 0.1) is 20.8 Å². The Labute approximate surface area is 214 Å². The summed E-state index contributed by atoms with van der Waals surface area (Å²) in [7, 11) is -3.43. The van der Waals surface area contributed by atoms with Crippen LogP contribution in [0.3, 0.4) is 0 Å². The van der Waals surface area contributed by atoms with Crippen LogP contribution in [-0.2, 0) is 27.3 Å². The molecule has 1 aliphatic heterocycles. The van der Waals surface area contributed by atoms with E-state index < -0.39 is 39.8 Å².